The first-order valence-corrected chi connectivity index (χ1v) is 6.52. The fourth-order valence-corrected chi connectivity index (χ4v) is 2.29. The molecule has 0 radical (unpaired) electrons. The summed E-state index contributed by atoms with van der Waals surface area (Å²) in [4.78, 5) is 5.26. The Morgan fingerprint density at radius 1 is 1.47 bits per heavy atom. The summed E-state index contributed by atoms with van der Waals surface area (Å²) in [6.07, 6.45) is 5.44. The minimum atomic E-state index is -0.410. The molecule has 0 saturated carbocycles. The molecular weight excluding hydrogens is 234 g/mol. The van der Waals surface area contributed by atoms with Gasteiger partial charge in [0.15, 0.2) is 0 Å². The van der Waals surface area contributed by atoms with E-state index in [0.29, 0.717) is 0 Å². The van der Waals surface area contributed by atoms with E-state index in [-0.39, 0.29) is 6.61 Å². The third-order valence-corrected chi connectivity index (χ3v) is 3.37. The van der Waals surface area contributed by atoms with E-state index in [4.69, 9.17) is 10.8 Å². The Hall–Kier alpha value is -1.30. The summed E-state index contributed by atoms with van der Waals surface area (Å²) in [6.45, 7) is -0.0902. The predicted octanol–water partition coefficient (Wildman–Crippen LogP) is 1.59. The largest absolute Gasteiger partial charge is 0.394 e. The summed E-state index contributed by atoms with van der Waals surface area (Å²) in [6, 6.07) is 7.63. The number of aliphatic hydroxyl groups is 1. The minimum absolute atomic E-state index is 0.0902. The molecule has 0 spiro atoms. The number of para-hydroxylation sites is 1. The maximum atomic E-state index is 9.13. The lowest BCUT2D eigenvalue weighted by Gasteiger charge is -2.14. The van der Waals surface area contributed by atoms with Crippen molar-refractivity contribution < 1.29 is 5.11 Å². The lowest BCUT2D eigenvalue weighted by molar-refractivity contribution is 0.265. The number of hydrogen-bond acceptors (Lipinski definition) is 4. The van der Waals surface area contributed by atoms with Crippen LogP contribution in [-0.4, -0.2) is 27.5 Å². The van der Waals surface area contributed by atoms with Crippen molar-refractivity contribution >= 4 is 11.8 Å². The number of aliphatic hydroxyl groups excluding tert-OH is 1. The van der Waals surface area contributed by atoms with Crippen LogP contribution in [0.25, 0.3) is 5.69 Å². The van der Waals surface area contributed by atoms with Crippen LogP contribution in [0.3, 0.4) is 0 Å². The molecule has 2 aromatic rings. The van der Waals surface area contributed by atoms with Crippen molar-refractivity contribution in [2.45, 2.75) is 10.9 Å². The average Bonchev–Trinajstić information content (AvgIpc) is 2.86. The first kappa shape index (κ1) is 12.2. The van der Waals surface area contributed by atoms with Gasteiger partial charge in [0.1, 0.15) is 0 Å². The van der Waals surface area contributed by atoms with E-state index in [9.17, 15) is 0 Å². The quantitative estimate of drug-likeness (QED) is 0.808. The molecule has 1 unspecified atom stereocenters. The van der Waals surface area contributed by atoms with E-state index in [1.165, 1.54) is 0 Å². The molecule has 0 aliphatic rings. The Morgan fingerprint density at radius 2 is 2.24 bits per heavy atom. The zero-order valence-corrected chi connectivity index (χ0v) is 10.4. The van der Waals surface area contributed by atoms with Gasteiger partial charge in [0, 0.05) is 4.90 Å². The van der Waals surface area contributed by atoms with Crippen molar-refractivity contribution in [3.63, 3.8) is 0 Å². The Labute approximate surface area is 104 Å². The van der Waals surface area contributed by atoms with Crippen LogP contribution in [0.4, 0.5) is 0 Å². The number of benzene rings is 1. The van der Waals surface area contributed by atoms with Crippen molar-refractivity contribution in [1.82, 2.24) is 9.55 Å². The van der Waals surface area contributed by atoms with Crippen molar-refractivity contribution in [2.75, 3.05) is 12.9 Å². The zero-order valence-electron chi connectivity index (χ0n) is 9.58. The second-order valence-corrected chi connectivity index (χ2v) is 4.50. The van der Waals surface area contributed by atoms with Gasteiger partial charge in [-0.15, -0.1) is 11.8 Å². The molecule has 0 saturated heterocycles. The van der Waals surface area contributed by atoms with Crippen molar-refractivity contribution in [2.24, 2.45) is 5.73 Å². The van der Waals surface area contributed by atoms with Gasteiger partial charge in [-0.2, -0.15) is 0 Å². The Balaban J connectivity index is 2.49. The van der Waals surface area contributed by atoms with Crippen molar-refractivity contribution in [1.29, 1.82) is 0 Å². The zero-order chi connectivity index (χ0) is 12.3. The summed E-state index contributed by atoms with van der Waals surface area (Å²) >= 11 is 1.67. The molecule has 0 aliphatic carbocycles. The molecule has 1 heterocycles. The van der Waals surface area contributed by atoms with E-state index in [2.05, 4.69) is 4.98 Å². The standard InChI is InChI=1S/C12H15N3OS/c1-17-12-5-3-2-4-10(12)15-8-14-6-11(15)9(13)7-16/h2-6,8-9,16H,7,13H2,1H3. The molecular formula is C12H15N3OS. The van der Waals surface area contributed by atoms with Crippen LogP contribution in [0.2, 0.25) is 0 Å². The summed E-state index contributed by atoms with van der Waals surface area (Å²) in [5, 5.41) is 9.13. The second-order valence-electron chi connectivity index (χ2n) is 3.65. The molecule has 90 valence electrons. The lowest BCUT2D eigenvalue weighted by Crippen LogP contribution is -2.18. The molecule has 0 bridgehead atoms. The number of rotatable bonds is 4. The molecule has 1 atom stereocenters. The Kier molecular flexibility index (Phi) is 3.83. The van der Waals surface area contributed by atoms with Crippen LogP contribution >= 0.6 is 11.8 Å². The van der Waals surface area contributed by atoms with Crippen LogP contribution in [0, 0.1) is 0 Å². The van der Waals surface area contributed by atoms with Gasteiger partial charge in [0.05, 0.1) is 36.6 Å². The van der Waals surface area contributed by atoms with Gasteiger partial charge < -0.3 is 15.4 Å². The number of hydrogen-bond donors (Lipinski definition) is 2. The first-order valence-electron chi connectivity index (χ1n) is 5.30. The molecule has 1 aromatic heterocycles. The normalized spacial score (nSPS) is 12.6. The lowest BCUT2D eigenvalue weighted by atomic mass is 10.2. The molecule has 1 aromatic carbocycles. The van der Waals surface area contributed by atoms with Gasteiger partial charge in [0.25, 0.3) is 0 Å². The molecule has 0 aliphatic heterocycles. The van der Waals surface area contributed by atoms with E-state index < -0.39 is 6.04 Å². The average molecular weight is 249 g/mol. The second kappa shape index (κ2) is 5.35. The molecule has 2 rings (SSSR count). The highest BCUT2D eigenvalue weighted by molar-refractivity contribution is 7.98. The Morgan fingerprint density at radius 3 is 2.94 bits per heavy atom. The van der Waals surface area contributed by atoms with E-state index in [1.807, 2.05) is 35.1 Å². The smallest absolute Gasteiger partial charge is 0.0995 e. The van der Waals surface area contributed by atoms with Gasteiger partial charge in [-0.1, -0.05) is 12.1 Å². The van der Waals surface area contributed by atoms with Crippen LogP contribution in [0.15, 0.2) is 41.7 Å². The SMILES string of the molecule is CSc1ccccc1-n1cncc1C(N)CO. The maximum absolute atomic E-state index is 9.13. The molecule has 4 nitrogen and oxygen atoms in total. The number of nitrogens with two attached hydrogens (primary N) is 1. The van der Waals surface area contributed by atoms with Crippen LogP contribution < -0.4 is 5.73 Å². The summed E-state index contributed by atoms with van der Waals surface area (Å²) < 4.78 is 1.92. The third-order valence-electron chi connectivity index (χ3n) is 2.59. The monoisotopic (exact) mass is 249 g/mol. The summed E-state index contributed by atoms with van der Waals surface area (Å²) in [5.74, 6) is 0. The first-order chi connectivity index (χ1) is 8.27. The van der Waals surface area contributed by atoms with E-state index in [1.54, 1.807) is 24.3 Å². The van der Waals surface area contributed by atoms with Crippen LogP contribution in [0.1, 0.15) is 11.7 Å². The molecule has 17 heavy (non-hydrogen) atoms. The maximum Gasteiger partial charge on any atom is 0.0995 e. The predicted molar refractivity (Wildman–Crippen MR) is 69.4 cm³/mol. The fourth-order valence-electron chi connectivity index (χ4n) is 1.70. The van der Waals surface area contributed by atoms with Crippen LogP contribution in [0.5, 0.6) is 0 Å². The van der Waals surface area contributed by atoms with Gasteiger partial charge in [0.2, 0.25) is 0 Å². The highest BCUT2D eigenvalue weighted by atomic mass is 32.2. The number of imidazole rings is 1. The molecule has 3 N–H and O–H groups in total. The van der Waals surface area contributed by atoms with E-state index >= 15 is 0 Å². The van der Waals surface area contributed by atoms with Gasteiger partial charge in [-0.05, 0) is 18.4 Å². The van der Waals surface area contributed by atoms with Crippen molar-refractivity contribution in [3.8, 4) is 5.69 Å². The number of aromatic nitrogens is 2. The highest BCUT2D eigenvalue weighted by Crippen LogP contribution is 2.25. The van der Waals surface area contributed by atoms with Crippen LogP contribution in [-0.2, 0) is 0 Å². The minimum Gasteiger partial charge on any atom is -0.394 e. The molecule has 0 fully saturated rings. The van der Waals surface area contributed by atoms with Gasteiger partial charge in [-0.25, -0.2) is 4.98 Å². The summed E-state index contributed by atoms with van der Waals surface area (Å²) in [5.41, 5.74) is 7.70. The Bertz CT molecular complexity index is 498. The number of nitrogens with zero attached hydrogens (tertiary/aromatic N) is 2. The highest BCUT2D eigenvalue weighted by Gasteiger charge is 2.13. The van der Waals surface area contributed by atoms with Gasteiger partial charge in [-0.3, -0.25) is 0 Å². The number of thioether (sulfide) groups is 1. The topological polar surface area (TPSA) is 64.1 Å². The van der Waals surface area contributed by atoms with Crippen molar-refractivity contribution in [3.05, 3.63) is 42.5 Å². The fraction of sp³-hybridized carbons (Fsp3) is 0.250. The molecule has 0 amide bonds. The molecule has 5 heteroatoms. The third kappa shape index (κ3) is 2.36. The summed E-state index contributed by atoms with van der Waals surface area (Å²) in [7, 11) is 0. The van der Waals surface area contributed by atoms with E-state index in [0.717, 1.165) is 16.3 Å². The van der Waals surface area contributed by atoms with Gasteiger partial charge >= 0.3 is 0 Å².